The van der Waals surface area contributed by atoms with Crippen molar-refractivity contribution in [2.75, 3.05) is 11.1 Å². The Morgan fingerprint density at radius 3 is 1.83 bits per heavy atom. The van der Waals surface area contributed by atoms with Crippen LogP contribution < -0.4 is 10.6 Å². The monoisotopic (exact) mass is 1080 g/mol. The minimum atomic E-state index is -1.66. The van der Waals surface area contributed by atoms with Crippen LogP contribution in [0.4, 0.5) is 5.13 Å². The molecule has 0 spiro atoms. The third kappa shape index (κ3) is 11.1. The lowest BCUT2D eigenvalue weighted by Gasteiger charge is -2.49. The van der Waals surface area contributed by atoms with E-state index in [-0.39, 0.29) is 22.9 Å². The molecule has 2 aliphatic heterocycles. The quantitative estimate of drug-likeness (QED) is 0.0291. The van der Waals surface area contributed by atoms with Gasteiger partial charge >= 0.3 is 11.9 Å². The van der Waals surface area contributed by atoms with Crippen molar-refractivity contribution in [3.05, 3.63) is 232 Å². The van der Waals surface area contributed by atoms with Gasteiger partial charge in [-0.1, -0.05) is 157 Å². The number of pyridine rings is 1. The van der Waals surface area contributed by atoms with Crippen LogP contribution in [0.3, 0.4) is 0 Å². The number of oxime groups is 1. The summed E-state index contributed by atoms with van der Waals surface area (Å²) in [6, 6.07) is 51.4. The Hall–Kier alpha value is -8.25. The highest BCUT2D eigenvalue weighted by Crippen LogP contribution is 2.46. The number of amides is 2. The zero-order valence-corrected chi connectivity index (χ0v) is 45.1. The highest BCUT2D eigenvalue weighted by Gasteiger charge is 2.55. The van der Waals surface area contributed by atoms with Crippen LogP contribution in [0.25, 0.3) is 16.1 Å². The van der Waals surface area contributed by atoms with Gasteiger partial charge < -0.3 is 24.9 Å². The average Bonchev–Trinajstić information content (AvgIpc) is 4.24. The number of nitrogens with one attached hydrogen (secondary N) is 2. The number of rotatable bonds is 17. The van der Waals surface area contributed by atoms with Crippen molar-refractivity contribution < 1.29 is 33.5 Å². The van der Waals surface area contributed by atoms with Gasteiger partial charge in [-0.15, -0.1) is 34.4 Å². The predicted octanol–water partition coefficient (Wildman–Crippen LogP) is 11.1. The number of esters is 2. The van der Waals surface area contributed by atoms with E-state index in [0.29, 0.717) is 20.6 Å². The Labute approximate surface area is 458 Å². The fourth-order valence-corrected chi connectivity index (χ4v) is 12.2. The van der Waals surface area contributed by atoms with E-state index in [1.54, 1.807) is 44.7 Å². The smallest absolute Gasteiger partial charge is 0.356 e. The first-order valence-electron chi connectivity index (χ1n) is 24.8. The Balaban J connectivity index is 0.995. The Morgan fingerprint density at radius 2 is 1.29 bits per heavy atom. The molecule has 2 unspecified atom stereocenters. The number of β-lactam (4-membered cyclic amide) rings is 1. The molecule has 1 saturated heterocycles. The number of thioether (sulfide) groups is 1. The average molecular weight is 1080 g/mol. The molecule has 1 fully saturated rings. The van der Waals surface area contributed by atoms with Crippen molar-refractivity contribution >= 4 is 74.6 Å². The first-order chi connectivity index (χ1) is 37.2. The predicted molar refractivity (Wildman–Crippen MR) is 301 cm³/mol. The molecule has 3 aromatic heterocycles. The lowest BCUT2D eigenvalue weighted by molar-refractivity contribution is -0.179. The molecule has 0 saturated carbocycles. The van der Waals surface area contributed by atoms with Crippen LogP contribution in [0.1, 0.15) is 79.1 Å². The summed E-state index contributed by atoms with van der Waals surface area (Å²) in [5.41, 5.74) is 2.07. The molecule has 2 aliphatic rings. The zero-order valence-electron chi connectivity index (χ0n) is 42.7. The van der Waals surface area contributed by atoms with Gasteiger partial charge in [0.25, 0.3) is 11.8 Å². The molecule has 388 valence electrons. The SMILES string of the molecule is CC(C)(C)OC(=O)C(C)(C)ON=C(C(=O)NC1C(=O)N2C(C(=O)OC(c3ccccc3)c3ccccc3)=C(c3cnc(-c4ccncc4)s3)CSC12)c1csc(NC(c2ccccc2)(c2ccccc2)c2ccccc2)n1. The zero-order chi connectivity index (χ0) is 53.7. The molecular weight excluding hydrogens is 1030 g/mol. The molecule has 8 aromatic rings. The van der Waals surface area contributed by atoms with Crippen molar-refractivity contribution in [3.8, 4) is 10.6 Å². The summed E-state index contributed by atoms with van der Waals surface area (Å²) < 4.78 is 12.1. The number of anilines is 1. The maximum Gasteiger partial charge on any atom is 0.356 e. The van der Waals surface area contributed by atoms with Crippen molar-refractivity contribution in [1.29, 1.82) is 0 Å². The third-order valence-electron chi connectivity index (χ3n) is 12.7. The summed E-state index contributed by atoms with van der Waals surface area (Å²) >= 11 is 4.00. The second-order valence-corrected chi connectivity index (χ2v) is 22.6. The molecule has 0 aliphatic carbocycles. The molecule has 2 atom stereocenters. The molecule has 2 amide bonds. The fraction of sp³-hybridized carbons (Fsp3) is 0.200. The summed E-state index contributed by atoms with van der Waals surface area (Å²) in [7, 11) is 0. The maximum absolute atomic E-state index is 15.0. The number of hydrogen-bond acceptors (Lipinski definition) is 15. The van der Waals surface area contributed by atoms with Gasteiger partial charge in [-0.3, -0.25) is 19.5 Å². The molecule has 2 N–H and O–H groups in total. The number of thiazole rings is 2. The van der Waals surface area contributed by atoms with Gasteiger partial charge in [-0.05, 0) is 74.6 Å². The van der Waals surface area contributed by atoms with Gasteiger partial charge in [0.1, 0.15) is 39.0 Å². The number of ether oxygens (including phenoxy) is 2. The second kappa shape index (κ2) is 22.1. The van der Waals surface area contributed by atoms with Crippen LogP contribution in [0, 0.1) is 0 Å². The second-order valence-electron chi connectivity index (χ2n) is 19.6. The number of nitrogens with zero attached hydrogens (tertiary/aromatic N) is 5. The molecule has 17 heteroatoms. The first kappa shape index (κ1) is 52.2. The number of benzene rings is 5. The van der Waals surface area contributed by atoms with Crippen molar-refractivity contribution in [2.24, 2.45) is 5.16 Å². The van der Waals surface area contributed by atoms with E-state index >= 15 is 0 Å². The van der Waals surface area contributed by atoms with Gasteiger partial charge in [0.2, 0.25) is 5.60 Å². The van der Waals surface area contributed by atoms with Crippen molar-refractivity contribution in [2.45, 2.75) is 68.9 Å². The topological polar surface area (TPSA) is 174 Å². The van der Waals surface area contributed by atoms with Crippen LogP contribution in [0.5, 0.6) is 0 Å². The summed E-state index contributed by atoms with van der Waals surface area (Å²) in [6.07, 6.45) is 4.25. The maximum atomic E-state index is 15.0. The number of carbonyl (C=O) groups excluding carboxylic acids is 4. The third-order valence-corrected chi connectivity index (χ3v) is 15.9. The molecule has 0 bridgehead atoms. The molecule has 5 aromatic carbocycles. The Kier molecular flexibility index (Phi) is 15.0. The molecule has 0 radical (unpaired) electrons. The van der Waals surface area contributed by atoms with Crippen LogP contribution in [-0.2, 0) is 39.0 Å². The molecule has 10 rings (SSSR count). The standard InChI is InChI=1S/C60H53N7O7S3/c1-58(2,3)73-56(71)59(4,5)74-66-47(45-37-76-57(63-45)65-60(41-25-15-8-16-26-41,42-27-17-9-18-28-42)43-29-19-10-20-30-43)51(68)64-48-53(69)67-49(55(70)72-50(38-21-11-6-12-22-38)39-23-13-7-14-24-39)44(36-75-54(48)67)46-35-62-52(77-46)40-31-33-61-34-32-40/h6-35,37,48,50,54H,36H2,1-5H3,(H,63,65)(H,64,68). The van der Waals surface area contributed by atoms with Crippen molar-refractivity contribution in [1.82, 2.24) is 25.2 Å². The molecule has 77 heavy (non-hydrogen) atoms. The summed E-state index contributed by atoms with van der Waals surface area (Å²) in [6.45, 7) is 8.19. The fourth-order valence-electron chi connectivity index (χ4n) is 8.98. The summed E-state index contributed by atoms with van der Waals surface area (Å²) in [5, 5.41) is 13.1. The van der Waals surface area contributed by atoms with Gasteiger partial charge in [0, 0.05) is 40.9 Å². The Morgan fingerprint density at radius 1 is 0.740 bits per heavy atom. The van der Waals surface area contributed by atoms with Gasteiger partial charge in [-0.25, -0.2) is 19.6 Å². The Bertz CT molecular complexity index is 3330. The molecule has 14 nitrogen and oxygen atoms in total. The minimum Gasteiger partial charge on any atom is -0.457 e. The van der Waals surface area contributed by atoms with E-state index in [1.807, 2.05) is 164 Å². The lowest BCUT2D eigenvalue weighted by atomic mass is 9.77. The van der Waals surface area contributed by atoms with Crippen molar-refractivity contribution in [3.63, 3.8) is 0 Å². The number of fused-ring (bicyclic) bond motifs is 1. The van der Waals surface area contributed by atoms with Crippen LogP contribution >= 0.6 is 34.4 Å². The summed E-state index contributed by atoms with van der Waals surface area (Å²) in [5.74, 6) is -2.53. The van der Waals surface area contributed by atoms with E-state index < -0.39 is 58.0 Å². The van der Waals surface area contributed by atoms with Crippen LogP contribution in [0.2, 0.25) is 0 Å². The van der Waals surface area contributed by atoms with E-state index in [2.05, 4.69) is 20.8 Å². The lowest BCUT2D eigenvalue weighted by Crippen LogP contribution is -2.71. The van der Waals surface area contributed by atoms with E-state index in [9.17, 15) is 19.2 Å². The first-order valence-corrected chi connectivity index (χ1v) is 27.5. The highest BCUT2D eigenvalue weighted by molar-refractivity contribution is 8.00. The summed E-state index contributed by atoms with van der Waals surface area (Å²) in [4.78, 5) is 80.1. The van der Waals surface area contributed by atoms with Gasteiger partial charge in [0.05, 0.1) is 4.88 Å². The largest absolute Gasteiger partial charge is 0.457 e. The minimum absolute atomic E-state index is 0.0522. The molecule has 5 heterocycles. The number of hydrogen-bond donors (Lipinski definition) is 2. The normalized spacial score (nSPS) is 15.8. The van der Waals surface area contributed by atoms with Gasteiger partial charge in [0.15, 0.2) is 16.9 Å². The van der Waals surface area contributed by atoms with Crippen LogP contribution in [-0.4, -0.2) is 77.7 Å². The van der Waals surface area contributed by atoms with E-state index in [1.165, 1.54) is 53.2 Å². The van der Waals surface area contributed by atoms with Crippen LogP contribution in [0.15, 0.2) is 199 Å². The highest BCUT2D eigenvalue weighted by atomic mass is 32.2. The van der Waals surface area contributed by atoms with E-state index in [0.717, 1.165) is 33.4 Å². The number of carbonyl (C=O) groups is 4. The van der Waals surface area contributed by atoms with Gasteiger partial charge in [-0.2, -0.15) is 0 Å². The number of aromatic nitrogens is 3. The molecular formula is C60H53N7O7S3. The van der Waals surface area contributed by atoms with E-state index in [4.69, 9.17) is 24.3 Å².